The van der Waals surface area contributed by atoms with E-state index in [0.29, 0.717) is 0 Å². The van der Waals surface area contributed by atoms with Gasteiger partial charge in [0.1, 0.15) is 0 Å². The van der Waals surface area contributed by atoms with Crippen molar-refractivity contribution in [2.24, 2.45) is 0 Å². The molecule has 1 amide bonds. The van der Waals surface area contributed by atoms with Crippen molar-refractivity contribution in [2.45, 2.75) is 18.3 Å². The Bertz CT molecular complexity index is 277. The summed E-state index contributed by atoms with van der Waals surface area (Å²) < 4.78 is 76.4. The molecule has 1 saturated heterocycles. The van der Waals surface area contributed by atoms with Gasteiger partial charge in [-0.15, -0.1) is 0 Å². The van der Waals surface area contributed by atoms with Gasteiger partial charge in [0.2, 0.25) is 0 Å². The molecule has 0 unspecified atom stereocenters. The Morgan fingerprint density at radius 1 is 1.14 bits per heavy atom. The fraction of sp³-hybridized carbons (Fsp3) is 0.800. The van der Waals surface area contributed by atoms with E-state index in [1.165, 1.54) is 0 Å². The summed E-state index contributed by atoms with van der Waals surface area (Å²) in [6, 6.07) is -5.09. The van der Waals surface area contributed by atoms with Crippen LogP contribution in [0.2, 0.25) is 0 Å². The standard InChI is InChI=1S/C5H3F6NO2/c1-12-2(13)3(6,7)14-5(10,11)4(12,8)9/h1H3. The molecule has 14 heavy (non-hydrogen) atoms. The van der Waals surface area contributed by atoms with Gasteiger partial charge < -0.3 is 0 Å². The molecule has 82 valence electrons. The third-order valence-electron chi connectivity index (χ3n) is 1.58. The first-order valence-corrected chi connectivity index (χ1v) is 3.14. The van der Waals surface area contributed by atoms with Crippen molar-refractivity contribution >= 4 is 5.91 Å². The van der Waals surface area contributed by atoms with Gasteiger partial charge in [-0.3, -0.25) is 9.69 Å². The smallest absolute Gasteiger partial charge is 0.272 e. The minimum absolute atomic E-state index is 0.132. The molecule has 0 aromatic heterocycles. The summed E-state index contributed by atoms with van der Waals surface area (Å²) in [5, 5.41) is 0. The average Bonchev–Trinajstić information content (AvgIpc) is 1.97. The van der Waals surface area contributed by atoms with Crippen LogP contribution in [0, 0.1) is 0 Å². The molecule has 0 aliphatic carbocycles. The van der Waals surface area contributed by atoms with Crippen molar-refractivity contribution in [2.75, 3.05) is 7.05 Å². The van der Waals surface area contributed by atoms with Crippen LogP contribution in [0.5, 0.6) is 0 Å². The number of carbonyl (C=O) groups is 1. The van der Waals surface area contributed by atoms with Gasteiger partial charge in [-0.25, -0.2) is 4.74 Å². The SMILES string of the molecule is CN1C(=O)C(F)(F)OC(F)(F)C1(F)F. The number of ether oxygens (including phenoxy) is 1. The highest BCUT2D eigenvalue weighted by molar-refractivity contribution is 5.83. The first kappa shape index (κ1) is 11.1. The molecule has 1 aliphatic heterocycles. The Morgan fingerprint density at radius 3 is 2.00 bits per heavy atom. The lowest BCUT2D eigenvalue weighted by Crippen LogP contribution is -2.67. The zero-order chi connectivity index (χ0) is 11.4. The molecule has 1 heterocycles. The van der Waals surface area contributed by atoms with E-state index in [-0.39, 0.29) is 7.05 Å². The van der Waals surface area contributed by atoms with Gasteiger partial charge in [-0.05, 0) is 0 Å². The Balaban J connectivity index is 3.15. The molecule has 0 saturated carbocycles. The first-order valence-electron chi connectivity index (χ1n) is 3.14. The highest BCUT2D eigenvalue weighted by Gasteiger charge is 2.73. The van der Waals surface area contributed by atoms with Gasteiger partial charge in [-0.1, -0.05) is 0 Å². The summed E-state index contributed by atoms with van der Waals surface area (Å²) in [5.74, 6) is -2.52. The Kier molecular flexibility index (Phi) is 2.00. The monoisotopic (exact) mass is 223 g/mol. The maximum atomic E-state index is 12.5. The van der Waals surface area contributed by atoms with Gasteiger partial charge in [-0.2, -0.15) is 26.3 Å². The van der Waals surface area contributed by atoms with Crippen molar-refractivity contribution < 1.29 is 35.9 Å². The second kappa shape index (κ2) is 2.53. The number of alkyl halides is 6. The van der Waals surface area contributed by atoms with E-state index in [9.17, 15) is 31.1 Å². The van der Waals surface area contributed by atoms with Crippen LogP contribution in [0.3, 0.4) is 0 Å². The predicted molar refractivity (Wildman–Crippen MR) is 28.7 cm³/mol. The number of likely N-dealkylation sites (N-methyl/N-ethyl adjacent to an activating group) is 1. The van der Waals surface area contributed by atoms with Gasteiger partial charge in [0.15, 0.2) is 0 Å². The number of nitrogens with zero attached hydrogens (tertiary/aromatic N) is 1. The van der Waals surface area contributed by atoms with E-state index in [2.05, 4.69) is 4.74 Å². The second-order valence-corrected chi connectivity index (χ2v) is 2.54. The summed E-state index contributed by atoms with van der Waals surface area (Å²) in [5.41, 5.74) is 0. The van der Waals surface area contributed by atoms with Crippen LogP contribution in [-0.4, -0.2) is 36.1 Å². The number of halogens is 6. The highest BCUT2D eigenvalue weighted by atomic mass is 19.3. The van der Waals surface area contributed by atoms with Crippen LogP contribution >= 0.6 is 0 Å². The number of hydrogen-bond donors (Lipinski definition) is 0. The van der Waals surface area contributed by atoms with Crippen molar-refractivity contribution in [3.05, 3.63) is 0 Å². The molecule has 0 spiro atoms. The Labute approximate surface area is 73.2 Å². The molecule has 1 aliphatic rings. The Morgan fingerprint density at radius 2 is 1.57 bits per heavy atom. The maximum Gasteiger partial charge on any atom is 0.445 e. The zero-order valence-electron chi connectivity index (χ0n) is 6.53. The molecule has 0 atom stereocenters. The van der Waals surface area contributed by atoms with E-state index in [4.69, 9.17) is 0 Å². The van der Waals surface area contributed by atoms with Gasteiger partial charge >= 0.3 is 24.2 Å². The average molecular weight is 223 g/mol. The van der Waals surface area contributed by atoms with E-state index in [0.717, 1.165) is 0 Å². The number of amides is 1. The van der Waals surface area contributed by atoms with Crippen LogP contribution in [0.4, 0.5) is 26.3 Å². The molecule has 0 radical (unpaired) electrons. The minimum atomic E-state index is -5.42. The fourth-order valence-corrected chi connectivity index (χ4v) is 0.784. The van der Waals surface area contributed by atoms with Crippen LogP contribution in [0.1, 0.15) is 0 Å². The summed E-state index contributed by atoms with van der Waals surface area (Å²) in [7, 11) is 0.132. The van der Waals surface area contributed by atoms with E-state index >= 15 is 0 Å². The lowest BCUT2D eigenvalue weighted by Gasteiger charge is -2.40. The fourth-order valence-electron chi connectivity index (χ4n) is 0.784. The Hall–Kier alpha value is -0.990. The van der Waals surface area contributed by atoms with Crippen LogP contribution in [0.15, 0.2) is 0 Å². The minimum Gasteiger partial charge on any atom is -0.272 e. The molecule has 1 fully saturated rings. The number of morpholine rings is 1. The lowest BCUT2D eigenvalue weighted by atomic mass is 10.3. The molecular weight excluding hydrogens is 220 g/mol. The molecule has 0 bridgehead atoms. The summed E-state index contributed by atoms with van der Waals surface area (Å²) in [6.07, 6.45) is -10.4. The highest BCUT2D eigenvalue weighted by Crippen LogP contribution is 2.46. The summed E-state index contributed by atoms with van der Waals surface area (Å²) >= 11 is 0. The molecule has 3 nitrogen and oxygen atoms in total. The normalized spacial score (nSPS) is 29.1. The number of hydrogen-bond acceptors (Lipinski definition) is 2. The van der Waals surface area contributed by atoms with E-state index in [1.54, 1.807) is 0 Å². The second-order valence-electron chi connectivity index (χ2n) is 2.54. The quantitative estimate of drug-likeness (QED) is 0.457. The van der Waals surface area contributed by atoms with Crippen molar-refractivity contribution in [1.82, 2.24) is 4.90 Å². The topological polar surface area (TPSA) is 29.5 Å². The van der Waals surface area contributed by atoms with Gasteiger partial charge in [0, 0.05) is 7.05 Å². The summed E-state index contributed by atoms with van der Waals surface area (Å²) in [6.45, 7) is 0. The van der Waals surface area contributed by atoms with E-state index < -0.39 is 29.1 Å². The summed E-state index contributed by atoms with van der Waals surface area (Å²) in [4.78, 5) is 9.34. The van der Waals surface area contributed by atoms with E-state index in [1.807, 2.05) is 0 Å². The zero-order valence-corrected chi connectivity index (χ0v) is 6.53. The van der Waals surface area contributed by atoms with Crippen LogP contribution < -0.4 is 0 Å². The van der Waals surface area contributed by atoms with Crippen molar-refractivity contribution in [1.29, 1.82) is 0 Å². The maximum absolute atomic E-state index is 12.5. The molecule has 1 rings (SSSR count). The van der Waals surface area contributed by atoms with Gasteiger partial charge in [0.25, 0.3) is 0 Å². The van der Waals surface area contributed by atoms with Crippen LogP contribution in [0.25, 0.3) is 0 Å². The largest absolute Gasteiger partial charge is 0.445 e. The third-order valence-corrected chi connectivity index (χ3v) is 1.58. The number of carbonyl (C=O) groups excluding carboxylic acids is 1. The molecule has 0 aromatic rings. The van der Waals surface area contributed by atoms with Crippen molar-refractivity contribution in [3.8, 4) is 0 Å². The molecular formula is C5H3F6NO2. The van der Waals surface area contributed by atoms with Crippen LogP contribution in [-0.2, 0) is 9.53 Å². The third kappa shape index (κ3) is 1.22. The van der Waals surface area contributed by atoms with Gasteiger partial charge in [0.05, 0.1) is 0 Å². The lowest BCUT2D eigenvalue weighted by molar-refractivity contribution is -0.463. The first-order chi connectivity index (χ1) is 6.02. The molecule has 9 heteroatoms. The van der Waals surface area contributed by atoms with Crippen molar-refractivity contribution in [3.63, 3.8) is 0 Å². The molecule has 0 N–H and O–H groups in total. The molecule has 0 aromatic carbocycles. The predicted octanol–water partition coefficient (Wildman–Crippen LogP) is 1.25. The number of rotatable bonds is 0.